The number of nitrogens with zero attached hydrogens (tertiary/aromatic N) is 1. The zero-order valence-corrected chi connectivity index (χ0v) is 25.1. The molecule has 4 atom stereocenters. The number of nitrogens with one attached hydrogen (secondary N) is 1. The van der Waals surface area contributed by atoms with Crippen LogP contribution in [-0.4, -0.2) is 75.1 Å². The van der Waals surface area contributed by atoms with Gasteiger partial charge < -0.3 is 31.5 Å². The minimum atomic E-state index is -2.66. The lowest BCUT2D eigenvalue weighted by Crippen LogP contribution is -2.65. The number of hydrogen-bond donors (Lipinski definition) is 6. The van der Waals surface area contributed by atoms with Gasteiger partial charge in [-0.3, -0.25) is 19.3 Å². The quantitative estimate of drug-likeness (QED) is 0.276. The largest absolute Gasteiger partial charge is 0.508 e. The van der Waals surface area contributed by atoms with Crippen molar-refractivity contribution in [2.75, 3.05) is 26.0 Å². The molecule has 3 aliphatic carbocycles. The van der Waals surface area contributed by atoms with Crippen molar-refractivity contribution in [1.82, 2.24) is 4.90 Å². The van der Waals surface area contributed by atoms with Crippen molar-refractivity contribution >= 4 is 28.9 Å². The average Bonchev–Trinajstić information content (AvgIpc) is 2.90. The lowest BCUT2D eigenvalue weighted by atomic mass is 9.57. The number of hydrogen-bond acceptors (Lipinski definition) is 9. The van der Waals surface area contributed by atoms with Gasteiger partial charge in [0.15, 0.2) is 11.4 Å². The highest BCUT2D eigenvalue weighted by atomic mass is 16.3. The van der Waals surface area contributed by atoms with Gasteiger partial charge in [0.25, 0.3) is 5.91 Å². The SMILES string of the molecule is CN(C)C1C(=O)C(C(N)=O)=C(O)[C@@]2(O)C(=O)C3=C(O)c4c(O)ccc(-c5ccc(NCCC(C)(C)C)cc5)c4C[C@H]3C[C@@H]12. The number of benzene rings is 2. The molecule has 0 spiro atoms. The molecule has 0 bridgehead atoms. The van der Waals surface area contributed by atoms with E-state index in [-0.39, 0.29) is 35.1 Å². The van der Waals surface area contributed by atoms with Gasteiger partial charge in [-0.1, -0.05) is 39.0 Å². The second-order valence-corrected chi connectivity index (χ2v) is 13.3. The Morgan fingerprint density at radius 3 is 2.30 bits per heavy atom. The molecular weight excluding hydrogens is 550 g/mol. The van der Waals surface area contributed by atoms with Gasteiger partial charge in [0.05, 0.1) is 11.6 Å². The number of primary amides is 1. The first-order chi connectivity index (χ1) is 20.1. The summed E-state index contributed by atoms with van der Waals surface area (Å²) >= 11 is 0. The first-order valence-electron chi connectivity index (χ1n) is 14.4. The normalized spacial score (nSPS) is 25.4. The zero-order chi connectivity index (χ0) is 31.6. The molecule has 1 unspecified atom stereocenters. The summed E-state index contributed by atoms with van der Waals surface area (Å²) in [6.45, 7) is 7.38. The molecule has 7 N–H and O–H groups in total. The van der Waals surface area contributed by atoms with E-state index >= 15 is 0 Å². The Morgan fingerprint density at radius 1 is 1.07 bits per heavy atom. The summed E-state index contributed by atoms with van der Waals surface area (Å²) in [5.41, 5.74) is 5.19. The molecule has 1 saturated carbocycles. The van der Waals surface area contributed by atoms with Crippen molar-refractivity contribution in [1.29, 1.82) is 0 Å². The number of carbonyl (C=O) groups is 3. The second kappa shape index (κ2) is 10.5. The van der Waals surface area contributed by atoms with Gasteiger partial charge in [0.1, 0.15) is 22.8 Å². The molecule has 43 heavy (non-hydrogen) atoms. The molecule has 10 nitrogen and oxygen atoms in total. The average molecular weight is 590 g/mol. The number of likely N-dealkylation sites (N-methyl/N-ethyl adjacent to an activating group) is 1. The number of nitrogens with two attached hydrogens (primary N) is 1. The number of ketones is 2. The minimum Gasteiger partial charge on any atom is -0.508 e. The summed E-state index contributed by atoms with van der Waals surface area (Å²) in [6.07, 6.45) is 1.27. The molecule has 1 amide bonds. The Morgan fingerprint density at radius 2 is 1.72 bits per heavy atom. The molecule has 0 aliphatic heterocycles. The fourth-order valence-electron chi connectivity index (χ4n) is 6.86. The predicted molar refractivity (Wildman–Crippen MR) is 162 cm³/mol. The van der Waals surface area contributed by atoms with E-state index in [0.717, 1.165) is 29.8 Å². The number of amides is 1. The van der Waals surface area contributed by atoms with E-state index in [1.165, 1.54) is 11.0 Å². The summed E-state index contributed by atoms with van der Waals surface area (Å²) in [5.74, 6) is -6.67. The van der Waals surface area contributed by atoms with Gasteiger partial charge >= 0.3 is 0 Å². The van der Waals surface area contributed by atoms with E-state index in [2.05, 4.69) is 26.1 Å². The van der Waals surface area contributed by atoms with Crippen LogP contribution in [0.4, 0.5) is 5.69 Å². The summed E-state index contributed by atoms with van der Waals surface area (Å²) < 4.78 is 0. The zero-order valence-electron chi connectivity index (χ0n) is 25.1. The van der Waals surface area contributed by atoms with E-state index in [1.807, 2.05) is 24.3 Å². The number of aliphatic hydroxyl groups excluding tert-OH is 2. The van der Waals surface area contributed by atoms with Crippen LogP contribution in [-0.2, 0) is 20.8 Å². The molecule has 228 valence electrons. The van der Waals surface area contributed by atoms with Gasteiger partial charge in [-0.2, -0.15) is 0 Å². The van der Waals surface area contributed by atoms with E-state index in [4.69, 9.17) is 5.73 Å². The minimum absolute atomic E-state index is 0.0392. The summed E-state index contributed by atoms with van der Waals surface area (Å²) in [4.78, 5) is 40.9. The maximum absolute atomic E-state index is 14.0. The van der Waals surface area contributed by atoms with E-state index in [9.17, 15) is 34.8 Å². The molecule has 0 heterocycles. The van der Waals surface area contributed by atoms with Crippen molar-refractivity contribution in [2.24, 2.45) is 23.0 Å². The molecule has 3 aliphatic rings. The Bertz CT molecular complexity index is 1580. The number of Topliss-reactive ketones (excluding diaryl/α,β-unsaturated/α-hetero) is 2. The van der Waals surface area contributed by atoms with Crippen molar-refractivity contribution in [3.8, 4) is 16.9 Å². The predicted octanol–water partition coefficient (Wildman–Crippen LogP) is 3.48. The molecule has 0 aromatic heterocycles. The van der Waals surface area contributed by atoms with Crippen LogP contribution < -0.4 is 11.1 Å². The number of aliphatic hydroxyl groups is 3. The summed E-state index contributed by atoms with van der Waals surface area (Å²) in [6, 6.07) is 9.90. The smallest absolute Gasteiger partial charge is 0.255 e. The lowest BCUT2D eigenvalue weighted by Gasteiger charge is -2.50. The van der Waals surface area contributed by atoms with Crippen LogP contribution in [0.1, 0.15) is 44.7 Å². The van der Waals surface area contributed by atoms with Crippen LogP contribution >= 0.6 is 0 Å². The topological polar surface area (TPSA) is 173 Å². The number of aromatic hydroxyl groups is 1. The fourth-order valence-corrected chi connectivity index (χ4v) is 6.86. The van der Waals surface area contributed by atoms with Crippen molar-refractivity contribution in [3.63, 3.8) is 0 Å². The number of rotatable bonds is 6. The van der Waals surface area contributed by atoms with Gasteiger partial charge in [0.2, 0.25) is 5.78 Å². The number of anilines is 1. The first-order valence-corrected chi connectivity index (χ1v) is 14.4. The Kier molecular flexibility index (Phi) is 7.43. The van der Waals surface area contributed by atoms with E-state index < -0.39 is 58.0 Å². The Labute approximate surface area is 250 Å². The summed E-state index contributed by atoms with van der Waals surface area (Å²) in [5, 5.41) is 48.5. The molecule has 0 saturated heterocycles. The lowest BCUT2D eigenvalue weighted by molar-refractivity contribution is -0.153. The molecule has 2 aromatic rings. The number of carbonyl (C=O) groups excluding carboxylic acids is 3. The highest BCUT2D eigenvalue weighted by molar-refractivity contribution is 6.24. The molecule has 5 rings (SSSR count). The summed E-state index contributed by atoms with van der Waals surface area (Å²) in [7, 11) is 3.15. The Balaban J connectivity index is 1.58. The van der Waals surface area contributed by atoms with Crippen LogP contribution in [0.25, 0.3) is 16.9 Å². The maximum Gasteiger partial charge on any atom is 0.255 e. The molecule has 2 aromatic carbocycles. The molecular formula is C33H39N3O7. The molecule has 10 heteroatoms. The van der Waals surface area contributed by atoms with Crippen LogP contribution in [0.3, 0.4) is 0 Å². The molecule has 0 radical (unpaired) electrons. The fraction of sp³-hybridized carbons (Fsp3) is 0.424. The third kappa shape index (κ3) is 4.88. The van der Waals surface area contributed by atoms with Crippen molar-refractivity contribution in [3.05, 3.63) is 64.4 Å². The van der Waals surface area contributed by atoms with Crippen molar-refractivity contribution in [2.45, 2.75) is 51.7 Å². The standard InChI is InChI=1S/C33H39N3O7/c1-32(2,3)12-13-35-18-8-6-16(7-9-18)19-10-11-22(37)24-20(19)14-17-15-21-26(36(4)5)28(39)25(31(34)42)30(41)33(21,43)29(40)23(17)27(24)38/h6-11,17,21,26,35,37-38,41,43H,12-15H2,1-5H3,(H2,34,42)/t17-,21-,26?,33-/m0/s1. The van der Waals surface area contributed by atoms with E-state index in [0.29, 0.717) is 5.56 Å². The monoisotopic (exact) mass is 589 g/mol. The highest BCUT2D eigenvalue weighted by Crippen LogP contribution is 2.53. The number of phenolic OH excluding ortho intramolecular Hbond substituents is 1. The third-order valence-corrected chi connectivity index (χ3v) is 9.00. The van der Waals surface area contributed by atoms with Gasteiger partial charge in [-0.25, -0.2) is 0 Å². The third-order valence-electron chi connectivity index (χ3n) is 9.00. The van der Waals surface area contributed by atoms with Crippen LogP contribution in [0.5, 0.6) is 5.75 Å². The highest BCUT2D eigenvalue weighted by Gasteiger charge is 2.64. The van der Waals surface area contributed by atoms with Crippen LogP contribution in [0.15, 0.2) is 53.3 Å². The second-order valence-electron chi connectivity index (χ2n) is 13.3. The molecule has 1 fully saturated rings. The van der Waals surface area contributed by atoms with Crippen LogP contribution in [0, 0.1) is 17.3 Å². The van der Waals surface area contributed by atoms with Crippen molar-refractivity contribution < 1.29 is 34.8 Å². The van der Waals surface area contributed by atoms with Crippen LogP contribution in [0.2, 0.25) is 0 Å². The van der Waals surface area contributed by atoms with Gasteiger partial charge in [-0.15, -0.1) is 0 Å². The number of phenols is 1. The number of fused-ring (bicyclic) bond motifs is 3. The van der Waals surface area contributed by atoms with E-state index in [1.54, 1.807) is 20.2 Å². The maximum atomic E-state index is 14.0. The van der Waals surface area contributed by atoms with Gasteiger partial charge in [-0.05, 0) is 79.6 Å². The first kappa shape index (κ1) is 30.3. The van der Waals surface area contributed by atoms with Gasteiger partial charge in [0, 0.05) is 23.7 Å². The Hall–Kier alpha value is -4.15.